The van der Waals surface area contributed by atoms with Gasteiger partial charge in [0.2, 0.25) is 11.8 Å². The molecule has 1 aliphatic rings. The number of amides is 2. The van der Waals surface area contributed by atoms with E-state index < -0.39 is 17.9 Å². The normalized spacial score (nSPS) is 13.8. The van der Waals surface area contributed by atoms with Crippen LogP contribution in [0.15, 0.2) is 47.5 Å². The number of anilines is 2. The van der Waals surface area contributed by atoms with E-state index in [1.807, 2.05) is 26.0 Å². The molecule has 2 aromatic carbocycles. The maximum Gasteiger partial charge on any atom is 0.339 e. The molecule has 2 heterocycles. The average Bonchev–Trinajstić information content (AvgIpc) is 3.25. The van der Waals surface area contributed by atoms with E-state index in [0.717, 1.165) is 21.6 Å². The van der Waals surface area contributed by atoms with Crippen molar-refractivity contribution in [2.24, 2.45) is 10.7 Å². The molecule has 0 fully saturated rings. The first-order valence-corrected chi connectivity index (χ1v) is 16.0. The third-order valence-electron chi connectivity index (χ3n) is 7.36. The highest BCUT2D eigenvalue weighted by molar-refractivity contribution is 7.17. The fourth-order valence-electron chi connectivity index (χ4n) is 4.91. The number of halogens is 1. The minimum atomic E-state index is -0.891. The van der Waals surface area contributed by atoms with Crippen molar-refractivity contribution in [3.05, 3.63) is 80.2 Å². The second kappa shape index (κ2) is 15.6. The molecule has 0 spiro atoms. The number of benzene rings is 2. The first kappa shape index (κ1) is 35.0. The van der Waals surface area contributed by atoms with Crippen LogP contribution in [0, 0.1) is 36.5 Å². The van der Waals surface area contributed by atoms with Gasteiger partial charge < -0.3 is 21.1 Å². The molecule has 1 aliphatic heterocycles. The fourth-order valence-corrected chi connectivity index (χ4v) is 6.26. The summed E-state index contributed by atoms with van der Waals surface area (Å²) in [5.41, 5.74) is 9.73. The molecule has 0 saturated carbocycles. The van der Waals surface area contributed by atoms with Crippen molar-refractivity contribution in [1.82, 2.24) is 5.32 Å². The molecule has 13 heteroatoms. The fraction of sp³-hybridized carbons (Fsp3) is 0.294. The Morgan fingerprint density at radius 1 is 1.15 bits per heavy atom. The Hall–Kier alpha value is -4.83. The van der Waals surface area contributed by atoms with Gasteiger partial charge in [-0.05, 0) is 56.7 Å². The van der Waals surface area contributed by atoms with Crippen LogP contribution in [0.5, 0.6) is 0 Å². The number of thiophene rings is 1. The maximum absolute atomic E-state index is 13.1. The zero-order valence-electron chi connectivity index (χ0n) is 26.5. The number of methoxy groups -OCH3 is 1. The minimum absolute atomic E-state index is 0.00873. The maximum atomic E-state index is 13.1. The molecule has 11 nitrogen and oxygen atoms in total. The number of aryl methyl sites for hydroxylation is 1. The van der Waals surface area contributed by atoms with E-state index in [1.165, 1.54) is 29.4 Å². The second-order valence-electron chi connectivity index (χ2n) is 10.7. The van der Waals surface area contributed by atoms with Gasteiger partial charge in [-0.2, -0.15) is 0 Å². The highest BCUT2D eigenvalue weighted by atomic mass is 35.5. The summed E-state index contributed by atoms with van der Waals surface area (Å²) in [5.74, 6) is 4.55. The lowest BCUT2D eigenvalue weighted by atomic mass is 9.99. The number of aliphatic imine (C=N–C) groups is 1. The standard InChI is InChI=1S/C34H36ClN7O4S/c1-19-20(2)47-33-30(19)31(23-8-11-24(35)12-9-23)41-27(32(38)42(33)21(3)37)18-29(44)39-16-14-28(43)40-25-13-10-22(7-5-6-15-36)26(17-25)34(45)46-4/h8-13,17,27,37-38H,6,14-16,18,36H2,1-4H3,(H,39,44)(H,40,43)/t27-/m0/s1. The van der Waals surface area contributed by atoms with Crippen molar-refractivity contribution in [2.45, 2.75) is 46.1 Å². The van der Waals surface area contributed by atoms with Crippen molar-refractivity contribution in [1.29, 1.82) is 10.8 Å². The van der Waals surface area contributed by atoms with Gasteiger partial charge in [-0.25, -0.2) is 4.79 Å². The van der Waals surface area contributed by atoms with E-state index in [-0.39, 0.29) is 42.5 Å². The molecule has 4 rings (SSSR count). The number of amidine groups is 2. The molecule has 244 valence electrons. The molecule has 0 aliphatic carbocycles. The molecule has 0 radical (unpaired) electrons. The number of ether oxygens (including phenoxy) is 1. The second-order valence-corrected chi connectivity index (χ2v) is 12.4. The van der Waals surface area contributed by atoms with E-state index in [1.54, 1.807) is 31.2 Å². The number of hydrogen-bond donors (Lipinski definition) is 5. The monoisotopic (exact) mass is 673 g/mol. The molecular weight excluding hydrogens is 638 g/mol. The van der Waals surface area contributed by atoms with Crippen molar-refractivity contribution < 1.29 is 19.1 Å². The summed E-state index contributed by atoms with van der Waals surface area (Å²) in [6.07, 6.45) is 0.265. The number of carbonyl (C=O) groups is 3. The quantitative estimate of drug-likeness (QED) is 0.0921. The highest BCUT2D eigenvalue weighted by Crippen LogP contribution is 2.40. The predicted octanol–water partition coefficient (Wildman–Crippen LogP) is 5.04. The van der Waals surface area contributed by atoms with Crippen LogP contribution in [-0.4, -0.2) is 61.4 Å². The SMILES string of the molecule is COC(=O)c1cc(NC(=O)CCNC(=O)C[C@@H]2N=C(c3ccc(Cl)cc3)c3c(sc(C)c3C)N(C(C)=N)C2=N)ccc1C#CCCN. The zero-order chi connectivity index (χ0) is 34.2. The number of fused-ring (bicyclic) bond motifs is 1. The molecule has 0 saturated heterocycles. The van der Waals surface area contributed by atoms with Crippen LogP contribution in [-0.2, 0) is 14.3 Å². The summed E-state index contributed by atoms with van der Waals surface area (Å²) in [7, 11) is 1.26. The van der Waals surface area contributed by atoms with Crippen molar-refractivity contribution in [3.63, 3.8) is 0 Å². The predicted molar refractivity (Wildman–Crippen MR) is 187 cm³/mol. The van der Waals surface area contributed by atoms with E-state index in [4.69, 9.17) is 37.9 Å². The lowest BCUT2D eigenvalue weighted by Gasteiger charge is -2.24. The lowest BCUT2D eigenvalue weighted by molar-refractivity contribution is -0.121. The van der Waals surface area contributed by atoms with Crippen molar-refractivity contribution in [3.8, 4) is 11.8 Å². The topological polar surface area (TPSA) is 174 Å². The molecule has 2 amide bonds. The Balaban J connectivity index is 1.47. The lowest BCUT2D eigenvalue weighted by Crippen LogP contribution is -2.42. The van der Waals surface area contributed by atoms with Gasteiger partial charge in [0.1, 0.15) is 22.7 Å². The highest BCUT2D eigenvalue weighted by Gasteiger charge is 2.34. The third-order valence-corrected chi connectivity index (χ3v) is 8.80. The van der Waals surface area contributed by atoms with Crippen molar-refractivity contribution >= 4 is 68.8 Å². The van der Waals surface area contributed by atoms with Crippen LogP contribution in [0.2, 0.25) is 5.02 Å². The molecule has 3 aromatic rings. The van der Waals surface area contributed by atoms with Gasteiger partial charge in [0, 0.05) is 58.2 Å². The first-order chi connectivity index (χ1) is 22.4. The van der Waals surface area contributed by atoms with Crippen LogP contribution in [0.25, 0.3) is 0 Å². The molecule has 0 bridgehead atoms. The summed E-state index contributed by atoms with van der Waals surface area (Å²) in [6, 6.07) is 11.1. The van der Waals surface area contributed by atoms with Gasteiger partial charge in [0.15, 0.2) is 0 Å². The number of hydrogen-bond acceptors (Lipinski definition) is 9. The summed E-state index contributed by atoms with van der Waals surface area (Å²) in [5, 5.41) is 24.3. The first-order valence-electron chi connectivity index (χ1n) is 14.8. The average molecular weight is 674 g/mol. The van der Waals surface area contributed by atoms with E-state index in [2.05, 4.69) is 22.5 Å². The summed E-state index contributed by atoms with van der Waals surface area (Å²) >= 11 is 7.63. The Morgan fingerprint density at radius 3 is 2.53 bits per heavy atom. The van der Waals surface area contributed by atoms with Gasteiger partial charge >= 0.3 is 5.97 Å². The van der Waals surface area contributed by atoms with Gasteiger partial charge in [-0.3, -0.25) is 30.3 Å². The molecule has 47 heavy (non-hydrogen) atoms. The van der Waals surface area contributed by atoms with E-state index >= 15 is 0 Å². The van der Waals surface area contributed by atoms with Gasteiger partial charge in [-0.15, -0.1) is 11.3 Å². The summed E-state index contributed by atoms with van der Waals surface area (Å²) in [6.45, 7) is 6.00. The van der Waals surface area contributed by atoms with Crippen LogP contribution >= 0.6 is 22.9 Å². The molecule has 0 unspecified atom stereocenters. The number of nitrogens with zero attached hydrogens (tertiary/aromatic N) is 2. The minimum Gasteiger partial charge on any atom is -0.465 e. The Kier molecular flexibility index (Phi) is 11.7. The largest absolute Gasteiger partial charge is 0.465 e. The molecule has 6 N–H and O–H groups in total. The zero-order valence-corrected chi connectivity index (χ0v) is 28.1. The Morgan fingerprint density at radius 2 is 1.87 bits per heavy atom. The Bertz CT molecular complexity index is 1820. The van der Waals surface area contributed by atoms with Gasteiger partial charge in [0.25, 0.3) is 0 Å². The molecular formula is C34H36ClN7O4S. The smallest absolute Gasteiger partial charge is 0.339 e. The van der Waals surface area contributed by atoms with Crippen LogP contribution in [0.4, 0.5) is 10.7 Å². The van der Waals surface area contributed by atoms with Crippen molar-refractivity contribution in [2.75, 3.05) is 30.4 Å². The number of carbonyl (C=O) groups excluding carboxylic acids is 3. The number of esters is 1. The van der Waals surface area contributed by atoms with Crippen LogP contribution in [0.3, 0.4) is 0 Å². The third kappa shape index (κ3) is 8.31. The van der Waals surface area contributed by atoms with Gasteiger partial charge in [-0.1, -0.05) is 35.6 Å². The van der Waals surface area contributed by atoms with E-state index in [9.17, 15) is 14.4 Å². The number of nitrogens with one attached hydrogen (secondary N) is 4. The molecule has 1 atom stereocenters. The van der Waals surface area contributed by atoms with E-state index in [0.29, 0.717) is 40.0 Å². The van der Waals surface area contributed by atoms with Gasteiger partial charge in [0.05, 0.1) is 24.8 Å². The number of rotatable bonds is 9. The van der Waals surface area contributed by atoms with Crippen LogP contribution in [0.1, 0.15) is 63.7 Å². The number of nitrogens with two attached hydrogens (primary N) is 1. The van der Waals surface area contributed by atoms with Crippen LogP contribution < -0.4 is 21.3 Å². The Labute approximate surface area is 282 Å². The summed E-state index contributed by atoms with van der Waals surface area (Å²) < 4.78 is 4.86. The summed E-state index contributed by atoms with van der Waals surface area (Å²) in [4.78, 5) is 45.6. The molecule has 1 aromatic heterocycles.